The van der Waals surface area contributed by atoms with Gasteiger partial charge in [-0.15, -0.1) is 0 Å². The van der Waals surface area contributed by atoms with Gasteiger partial charge in [-0.3, -0.25) is 4.79 Å². The molecule has 1 atom stereocenters. The molecule has 0 aromatic heterocycles. The fraction of sp³-hybridized carbons (Fsp3) is 0.818. The summed E-state index contributed by atoms with van der Waals surface area (Å²) in [5.74, 6) is -0.0733. The van der Waals surface area contributed by atoms with Gasteiger partial charge < -0.3 is 10.1 Å². The Labute approximate surface area is 91.4 Å². The average Bonchev–Trinajstić information content (AvgIpc) is 1.99. The van der Waals surface area contributed by atoms with E-state index in [0.29, 0.717) is 6.42 Å². The number of Topliss-reactive ketones (excluding diaryl/α,β-unsaturated/α-hetero) is 1. The highest BCUT2D eigenvalue weighted by atomic mass is 16.6. The van der Waals surface area contributed by atoms with E-state index in [9.17, 15) is 9.59 Å². The number of amides is 1. The van der Waals surface area contributed by atoms with Gasteiger partial charge in [-0.1, -0.05) is 6.92 Å². The molecule has 0 saturated heterocycles. The van der Waals surface area contributed by atoms with E-state index in [1.807, 2.05) is 6.92 Å². The Morgan fingerprint density at radius 2 is 1.67 bits per heavy atom. The second kappa shape index (κ2) is 4.64. The van der Waals surface area contributed by atoms with E-state index >= 15 is 0 Å². The van der Waals surface area contributed by atoms with Crippen LogP contribution in [0.15, 0.2) is 0 Å². The number of alkyl carbamates (subject to hydrolysis) is 1. The summed E-state index contributed by atoms with van der Waals surface area (Å²) < 4.78 is 5.08. The topological polar surface area (TPSA) is 55.4 Å². The van der Waals surface area contributed by atoms with Crippen molar-refractivity contribution in [1.82, 2.24) is 5.32 Å². The molecule has 4 heteroatoms. The smallest absolute Gasteiger partial charge is 0.408 e. The molecule has 0 aliphatic rings. The Bertz CT molecular complexity index is 255. The molecule has 4 nitrogen and oxygen atoms in total. The monoisotopic (exact) mass is 215 g/mol. The van der Waals surface area contributed by atoms with Crippen molar-refractivity contribution in [3.63, 3.8) is 0 Å². The Morgan fingerprint density at radius 1 is 1.20 bits per heavy atom. The molecular formula is C11H21NO3. The van der Waals surface area contributed by atoms with Gasteiger partial charge in [-0.05, 0) is 41.0 Å². The number of ketones is 1. The number of hydrogen-bond acceptors (Lipinski definition) is 3. The van der Waals surface area contributed by atoms with Gasteiger partial charge in [0, 0.05) is 0 Å². The van der Waals surface area contributed by atoms with Gasteiger partial charge in [-0.2, -0.15) is 0 Å². The Balaban J connectivity index is 4.45. The third-order valence-electron chi connectivity index (χ3n) is 2.26. The fourth-order valence-electron chi connectivity index (χ4n) is 0.954. The van der Waals surface area contributed by atoms with E-state index in [0.717, 1.165) is 0 Å². The molecule has 0 rings (SSSR count). The SMILES string of the molecule is CC[C@](C)(NC(=O)OC(C)(C)C)C(C)=O. The zero-order valence-corrected chi connectivity index (χ0v) is 10.4. The Hall–Kier alpha value is -1.06. The summed E-state index contributed by atoms with van der Waals surface area (Å²) in [4.78, 5) is 22.8. The van der Waals surface area contributed by atoms with Crippen molar-refractivity contribution in [3.8, 4) is 0 Å². The van der Waals surface area contributed by atoms with Crippen molar-refractivity contribution in [3.05, 3.63) is 0 Å². The van der Waals surface area contributed by atoms with E-state index in [-0.39, 0.29) is 5.78 Å². The summed E-state index contributed by atoms with van der Waals surface area (Å²) in [6.07, 6.45) is -0.0104. The molecule has 1 amide bonds. The molecule has 0 aliphatic carbocycles. The molecule has 0 saturated carbocycles. The lowest BCUT2D eigenvalue weighted by molar-refractivity contribution is -0.122. The first kappa shape index (κ1) is 13.9. The highest BCUT2D eigenvalue weighted by Crippen LogP contribution is 2.13. The fourth-order valence-corrected chi connectivity index (χ4v) is 0.954. The number of hydrogen-bond donors (Lipinski definition) is 1. The molecule has 0 heterocycles. The molecule has 0 aromatic carbocycles. The van der Waals surface area contributed by atoms with Crippen molar-refractivity contribution < 1.29 is 14.3 Å². The van der Waals surface area contributed by atoms with Crippen molar-refractivity contribution in [2.24, 2.45) is 0 Å². The van der Waals surface area contributed by atoms with Gasteiger partial charge in [0.1, 0.15) is 5.60 Å². The van der Waals surface area contributed by atoms with Gasteiger partial charge in [0.2, 0.25) is 0 Å². The zero-order valence-electron chi connectivity index (χ0n) is 10.4. The lowest BCUT2D eigenvalue weighted by Crippen LogP contribution is -2.52. The molecule has 0 fully saturated rings. The number of nitrogens with one attached hydrogen (secondary N) is 1. The second-order valence-corrected chi connectivity index (χ2v) is 4.87. The normalized spacial score (nSPS) is 15.3. The first-order valence-corrected chi connectivity index (χ1v) is 5.13. The van der Waals surface area contributed by atoms with E-state index in [1.165, 1.54) is 6.92 Å². The largest absolute Gasteiger partial charge is 0.444 e. The van der Waals surface area contributed by atoms with Crippen LogP contribution in [0.4, 0.5) is 4.79 Å². The summed E-state index contributed by atoms with van der Waals surface area (Å²) in [6, 6.07) is 0. The van der Waals surface area contributed by atoms with Crippen LogP contribution in [-0.2, 0) is 9.53 Å². The van der Waals surface area contributed by atoms with Gasteiger partial charge in [-0.25, -0.2) is 4.79 Å². The van der Waals surface area contributed by atoms with Crippen LogP contribution in [0.25, 0.3) is 0 Å². The lowest BCUT2D eigenvalue weighted by atomic mass is 9.94. The van der Waals surface area contributed by atoms with E-state index in [2.05, 4.69) is 5.32 Å². The third-order valence-corrected chi connectivity index (χ3v) is 2.26. The maximum absolute atomic E-state index is 11.5. The molecule has 0 bridgehead atoms. The minimum Gasteiger partial charge on any atom is -0.444 e. The van der Waals surface area contributed by atoms with Gasteiger partial charge in [0.15, 0.2) is 5.78 Å². The van der Waals surface area contributed by atoms with E-state index in [4.69, 9.17) is 4.74 Å². The van der Waals surface area contributed by atoms with Gasteiger partial charge in [0.05, 0.1) is 5.54 Å². The number of carbonyl (C=O) groups excluding carboxylic acids is 2. The van der Waals surface area contributed by atoms with E-state index in [1.54, 1.807) is 27.7 Å². The molecule has 0 spiro atoms. The van der Waals surface area contributed by atoms with Crippen LogP contribution in [0.2, 0.25) is 0 Å². The maximum atomic E-state index is 11.5. The standard InChI is InChI=1S/C11H21NO3/c1-7-11(6,8(2)13)12-9(14)15-10(3,4)5/h7H2,1-6H3,(H,12,14)/t11-/m0/s1. The maximum Gasteiger partial charge on any atom is 0.408 e. The minimum absolute atomic E-state index is 0.0733. The Morgan fingerprint density at radius 3 is 1.93 bits per heavy atom. The minimum atomic E-state index is -0.831. The molecule has 15 heavy (non-hydrogen) atoms. The summed E-state index contributed by atoms with van der Waals surface area (Å²) in [6.45, 7) is 10.3. The van der Waals surface area contributed by atoms with Crippen LogP contribution < -0.4 is 5.32 Å². The molecule has 0 unspecified atom stereocenters. The summed E-state index contributed by atoms with van der Waals surface area (Å²) >= 11 is 0. The number of carbonyl (C=O) groups is 2. The van der Waals surface area contributed by atoms with Crippen LogP contribution >= 0.6 is 0 Å². The molecule has 0 radical (unpaired) electrons. The van der Waals surface area contributed by atoms with Gasteiger partial charge in [0.25, 0.3) is 0 Å². The molecule has 0 aliphatic heterocycles. The predicted octanol–water partition coefficient (Wildman–Crippen LogP) is 2.27. The van der Waals surface area contributed by atoms with Crippen molar-refractivity contribution in [1.29, 1.82) is 0 Å². The van der Waals surface area contributed by atoms with Crippen LogP contribution in [0.1, 0.15) is 48.0 Å². The summed E-state index contributed by atoms with van der Waals surface area (Å²) in [5.41, 5.74) is -1.38. The summed E-state index contributed by atoms with van der Waals surface area (Å²) in [5, 5.41) is 2.59. The molecular weight excluding hydrogens is 194 g/mol. The highest BCUT2D eigenvalue weighted by molar-refractivity contribution is 5.89. The molecule has 1 N–H and O–H groups in total. The zero-order chi connectivity index (χ0) is 12.3. The van der Waals surface area contributed by atoms with E-state index < -0.39 is 17.2 Å². The van der Waals surface area contributed by atoms with Gasteiger partial charge >= 0.3 is 6.09 Å². The van der Waals surface area contributed by atoms with Crippen molar-refractivity contribution >= 4 is 11.9 Å². The third kappa shape index (κ3) is 4.81. The average molecular weight is 215 g/mol. The van der Waals surface area contributed by atoms with Crippen LogP contribution in [0.3, 0.4) is 0 Å². The molecule has 88 valence electrons. The Kier molecular flexibility index (Phi) is 4.31. The lowest BCUT2D eigenvalue weighted by Gasteiger charge is -2.28. The number of rotatable bonds is 3. The van der Waals surface area contributed by atoms with Crippen molar-refractivity contribution in [2.75, 3.05) is 0 Å². The summed E-state index contributed by atoms with van der Waals surface area (Å²) in [7, 11) is 0. The van der Waals surface area contributed by atoms with Crippen molar-refractivity contribution in [2.45, 2.75) is 59.1 Å². The van der Waals surface area contributed by atoms with Crippen LogP contribution in [0, 0.1) is 0 Å². The van der Waals surface area contributed by atoms with Crippen LogP contribution in [0.5, 0.6) is 0 Å². The molecule has 0 aromatic rings. The number of ether oxygens (including phenoxy) is 1. The quantitative estimate of drug-likeness (QED) is 0.785. The highest BCUT2D eigenvalue weighted by Gasteiger charge is 2.31. The second-order valence-electron chi connectivity index (χ2n) is 4.87. The first-order chi connectivity index (χ1) is 6.60. The first-order valence-electron chi connectivity index (χ1n) is 5.13. The predicted molar refractivity (Wildman–Crippen MR) is 58.7 cm³/mol. The van der Waals surface area contributed by atoms with Crippen LogP contribution in [-0.4, -0.2) is 23.0 Å².